The van der Waals surface area contributed by atoms with E-state index in [0.29, 0.717) is 16.0 Å². The van der Waals surface area contributed by atoms with Crippen LogP contribution in [-0.2, 0) is 0 Å². The summed E-state index contributed by atoms with van der Waals surface area (Å²) in [4.78, 5) is 12.4. The van der Waals surface area contributed by atoms with Crippen molar-refractivity contribution in [2.45, 2.75) is 0 Å². The number of nitrogens with zero attached hydrogens (tertiary/aromatic N) is 2. The van der Waals surface area contributed by atoms with Gasteiger partial charge in [0.25, 0.3) is 0 Å². The number of halogens is 1. The van der Waals surface area contributed by atoms with Gasteiger partial charge >= 0.3 is 0 Å². The van der Waals surface area contributed by atoms with Crippen LogP contribution in [0.4, 0.5) is 5.82 Å². The quantitative estimate of drug-likeness (QED) is 0.545. The molecule has 114 valence electrons. The number of anilines is 1. The van der Waals surface area contributed by atoms with Gasteiger partial charge in [0.1, 0.15) is 10.2 Å². The second-order valence-corrected chi connectivity index (χ2v) is 5.53. The zero-order chi connectivity index (χ0) is 16.1. The molecule has 0 radical (unpaired) electrons. The molecule has 2 aromatic carbocycles. The summed E-state index contributed by atoms with van der Waals surface area (Å²) in [7, 11) is 0. The number of rotatable bonds is 4. The van der Waals surface area contributed by atoms with Crippen molar-refractivity contribution < 1.29 is 0 Å². The summed E-state index contributed by atoms with van der Waals surface area (Å²) in [6.45, 7) is 0. The summed E-state index contributed by atoms with van der Waals surface area (Å²) in [6.07, 6.45) is 1.66. The monoisotopic (exact) mass is 368 g/mol. The molecule has 0 fully saturated rings. The molecule has 23 heavy (non-hydrogen) atoms. The number of hydrogen-bond acceptors (Lipinski definition) is 4. The van der Waals surface area contributed by atoms with E-state index in [1.807, 2.05) is 60.7 Å². The van der Waals surface area contributed by atoms with E-state index in [-0.39, 0.29) is 5.43 Å². The number of hydrogen-bond donors (Lipinski definition) is 2. The van der Waals surface area contributed by atoms with Crippen molar-refractivity contribution in [2.75, 3.05) is 5.43 Å². The molecule has 0 aliphatic carbocycles. The van der Waals surface area contributed by atoms with E-state index in [1.54, 1.807) is 6.21 Å². The lowest BCUT2D eigenvalue weighted by molar-refractivity contribution is 1.01. The van der Waals surface area contributed by atoms with Crippen LogP contribution >= 0.6 is 15.9 Å². The molecular formula is C17H13BrN4O. The van der Waals surface area contributed by atoms with Crippen molar-refractivity contribution in [2.24, 2.45) is 5.10 Å². The van der Waals surface area contributed by atoms with Gasteiger partial charge in [-0.15, -0.1) is 0 Å². The van der Waals surface area contributed by atoms with Gasteiger partial charge in [0.15, 0.2) is 5.82 Å². The molecule has 0 spiro atoms. The molecule has 1 heterocycles. The highest BCUT2D eigenvalue weighted by Crippen LogP contribution is 2.19. The average Bonchev–Trinajstić information content (AvgIpc) is 2.60. The molecule has 0 atom stereocenters. The molecule has 1 aromatic heterocycles. The van der Waals surface area contributed by atoms with Gasteiger partial charge in [0.05, 0.1) is 6.21 Å². The van der Waals surface area contributed by atoms with Gasteiger partial charge < -0.3 is 0 Å². The number of hydrazone groups is 1. The average molecular weight is 369 g/mol. The van der Waals surface area contributed by atoms with Crippen LogP contribution in [0.5, 0.6) is 0 Å². The van der Waals surface area contributed by atoms with Gasteiger partial charge in [-0.05, 0) is 21.5 Å². The van der Waals surface area contributed by atoms with Gasteiger partial charge in [-0.25, -0.2) is 0 Å². The Morgan fingerprint density at radius 2 is 1.70 bits per heavy atom. The molecule has 0 bridgehead atoms. The van der Waals surface area contributed by atoms with Crippen LogP contribution in [0.1, 0.15) is 5.56 Å². The first kappa shape index (κ1) is 15.2. The number of aromatic nitrogens is 2. The third-order valence-corrected chi connectivity index (χ3v) is 3.91. The number of H-pyrrole nitrogens is 1. The van der Waals surface area contributed by atoms with Crippen LogP contribution in [0.2, 0.25) is 0 Å². The van der Waals surface area contributed by atoms with Gasteiger partial charge in [0.2, 0.25) is 5.43 Å². The first-order valence-electron chi connectivity index (χ1n) is 6.93. The molecule has 0 saturated carbocycles. The van der Waals surface area contributed by atoms with Crippen LogP contribution in [0.25, 0.3) is 11.3 Å². The van der Waals surface area contributed by atoms with Crippen LogP contribution in [0.3, 0.4) is 0 Å². The Hall–Kier alpha value is -2.73. The Morgan fingerprint density at radius 3 is 2.39 bits per heavy atom. The fourth-order valence-electron chi connectivity index (χ4n) is 2.01. The summed E-state index contributed by atoms with van der Waals surface area (Å²) < 4.78 is 0.358. The standard InChI is InChI=1S/C17H13BrN4O/c18-14-16(23)15(13-9-5-2-6-10-13)20-22-17(14)21-19-11-12-7-3-1-4-8-12/h1-11H,(H2,21,22,23)/b19-11+. The van der Waals surface area contributed by atoms with Crippen LogP contribution in [-0.4, -0.2) is 16.4 Å². The largest absolute Gasteiger partial charge is 0.286 e. The number of benzene rings is 2. The summed E-state index contributed by atoms with van der Waals surface area (Å²) in [5.41, 5.74) is 4.65. The second-order valence-electron chi connectivity index (χ2n) is 4.74. The Bertz CT molecular complexity index is 876. The van der Waals surface area contributed by atoms with E-state index >= 15 is 0 Å². The smallest absolute Gasteiger partial charge is 0.224 e. The molecule has 2 N–H and O–H groups in total. The summed E-state index contributed by atoms with van der Waals surface area (Å²) in [5.74, 6) is 0.405. The van der Waals surface area contributed by atoms with E-state index < -0.39 is 0 Å². The van der Waals surface area contributed by atoms with Crippen molar-refractivity contribution in [3.8, 4) is 11.3 Å². The SMILES string of the molecule is O=c1c(-c2ccccc2)n[nH]c(N/N=C/c2ccccc2)c1Br. The highest BCUT2D eigenvalue weighted by Gasteiger charge is 2.11. The molecule has 0 aliphatic heterocycles. The predicted octanol–water partition coefficient (Wildman–Crippen LogP) is 3.65. The normalized spacial score (nSPS) is 10.8. The van der Waals surface area contributed by atoms with E-state index in [9.17, 15) is 4.79 Å². The Labute approximate surface area is 141 Å². The lowest BCUT2D eigenvalue weighted by Crippen LogP contribution is -2.13. The van der Waals surface area contributed by atoms with E-state index in [2.05, 4.69) is 36.7 Å². The molecule has 0 amide bonds. The summed E-state index contributed by atoms with van der Waals surface area (Å²) >= 11 is 3.29. The maximum atomic E-state index is 12.4. The molecule has 3 aromatic rings. The van der Waals surface area contributed by atoms with Crippen molar-refractivity contribution in [1.82, 2.24) is 10.2 Å². The zero-order valence-corrected chi connectivity index (χ0v) is 13.6. The summed E-state index contributed by atoms with van der Waals surface area (Å²) in [6, 6.07) is 18.9. The highest BCUT2D eigenvalue weighted by molar-refractivity contribution is 9.10. The molecule has 0 saturated heterocycles. The topological polar surface area (TPSA) is 70.1 Å². The molecule has 3 rings (SSSR count). The third kappa shape index (κ3) is 3.54. The van der Waals surface area contributed by atoms with Crippen LogP contribution < -0.4 is 10.9 Å². The Morgan fingerprint density at radius 1 is 1.04 bits per heavy atom. The van der Waals surface area contributed by atoms with Crippen molar-refractivity contribution in [3.63, 3.8) is 0 Å². The van der Waals surface area contributed by atoms with Crippen molar-refractivity contribution in [1.29, 1.82) is 0 Å². The first-order chi connectivity index (χ1) is 11.3. The fourth-order valence-corrected chi connectivity index (χ4v) is 2.37. The van der Waals surface area contributed by atoms with Gasteiger partial charge in [0, 0.05) is 5.56 Å². The molecule has 5 nitrogen and oxygen atoms in total. The maximum absolute atomic E-state index is 12.4. The first-order valence-corrected chi connectivity index (χ1v) is 7.73. The third-order valence-electron chi connectivity index (χ3n) is 3.15. The van der Waals surface area contributed by atoms with Crippen molar-refractivity contribution >= 4 is 28.0 Å². The van der Waals surface area contributed by atoms with Gasteiger partial charge in [-0.1, -0.05) is 60.7 Å². The predicted molar refractivity (Wildman–Crippen MR) is 95.7 cm³/mol. The zero-order valence-electron chi connectivity index (χ0n) is 12.0. The molecule has 0 unspecified atom stereocenters. The Balaban J connectivity index is 1.84. The van der Waals surface area contributed by atoms with Gasteiger partial charge in [-0.3, -0.25) is 15.3 Å². The minimum absolute atomic E-state index is 0.202. The van der Waals surface area contributed by atoms with Crippen molar-refractivity contribution in [3.05, 3.63) is 80.9 Å². The number of nitrogens with one attached hydrogen (secondary N) is 2. The van der Waals surface area contributed by atoms with E-state index in [1.165, 1.54) is 0 Å². The van der Waals surface area contributed by atoms with Crippen LogP contribution in [0, 0.1) is 0 Å². The van der Waals surface area contributed by atoms with Crippen LogP contribution in [0.15, 0.2) is 75.0 Å². The highest BCUT2D eigenvalue weighted by atomic mass is 79.9. The minimum Gasteiger partial charge on any atom is -0.286 e. The summed E-state index contributed by atoms with van der Waals surface area (Å²) in [5, 5.41) is 11.0. The molecule has 0 aliphatic rings. The Kier molecular flexibility index (Phi) is 4.63. The lowest BCUT2D eigenvalue weighted by atomic mass is 10.1. The van der Waals surface area contributed by atoms with Gasteiger partial charge in [-0.2, -0.15) is 10.2 Å². The molecule has 6 heteroatoms. The van der Waals surface area contributed by atoms with E-state index in [4.69, 9.17) is 0 Å². The molecular weight excluding hydrogens is 356 g/mol. The minimum atomic E-state index is -0.202. The van der Waals surface area contributed by atoms with E-state index in [0.717, 1.165) is 11.1 Å². The number of aromatic amines is 1. The lowest BCUT2D eigenvalue weighted by Gasteiger charge is -2.05. The fraction of sp³-hybridized carbons (Fsp3) is 0. The second kappa shape index (κ2) is 7.02. The maximum Gasteiger partial charge on any atom is 0.224 e.